The monoisotopic (exact) mass is 288 g/mol. The lowest BCUT2D eigenvalue weighted by Crippen LogP contribution is -2.08. The fourth-order valence-corrected chi connectivity index (χ4v) is 1.64. The van der Waals surface area contributed by atoms with Crippen molar-refractivity contribution in [2.75, 3.05) is 0 Å². The van der Waals surface area contributed by atoms with E-state index in [1.54, 1.807) is 0 Å². The highest BCUT2D eigenvalue weighted by Crippen LogP contribution is 2.28. The topological polar surface area (TPSA) is 55.1 Å². The molecule has 1 aromatic carbocycles. The van der Waals surface area contributed by atoms with Crippen LogP contribution in [-0.2, 0) is 12.7 Å². The van der Waals surface area contributed by atoms with Crippen LogP contribution < -0.4 is 0 Å². The maximum absolute atomic E-state index is 13.8. The summed E-state index contributed by atoms with van der Waals surface area (Å²) < 4.78 is 51.9. The van der Waals surface area contributed by atoms with E-state index in [0.717, 1.165) is 16.9 Å². The Kier molecular flexibility index (Phi) is 3.47. The van der Waals surface area contributed by atoms with Crippen molar-refractivity contribution < 1.29 is 27.5 Å². The number of hydrogen-bond acceptors (Lipinski definition) is 2. The van der Waals surface area contributed by atoms with Gasteiger partial charge < -0.3 is 5.11 Å². The molecule has 0 amide bonds. The molecule has 1 N–H and O–H groups in total. The molecule has 20 heavy (non-hydrogen) atoms. The minimum Gasteiger partial charge on any atom is -0.478 e. The van der Waals surface area contributed by atoms with Crippen LogP contribution in [0, 0.1) is 5.82 Å². The van der Waals surface area contributed by atoms with E-state index in [2.05, 4.69) is 5.10 Å². The molecular weight excluding hydrogens is 280 g/mol. The van der Waals surface area contributed by atoms with Crippen LogP contribution in [0.25, 0.3) is 0 Å². The molecule has 0 spiro atoms. The van der Waals surface area contributed by atoms with E-state index < -0.39 is 29.1 Å². The van der Waals surface area contributed by atoms with E-state index >= 15 is 0 Å². The summed E-state index contributed by atoms with van der Waals surface area (Å²) in [5, 5.41) is 12.2. The molecule has 1 aromatic heterocycles. The van der Waals surface area contributed by atoms with Crippen LogP contribution in [0.15, 0.2) is 30.6 Å². The summed E-state index contributed by atoms with van der Waals surface area (Å²) >= 11 is 0. The Morgan fingerprint density at radius 1 is 1.35 bits per heavy atom. The van der Waals surface area contributed by atoms with E-state index in [1.807, 2.05) is 0 Å². The second kappa shape index (κ2) is 4.95. The molecule has 0 bridgehead atoms. The molecule has 0 saturated heterocycles. The predicted molar refractivity (Wildman–Crippen MR) is 59.7 cm³/mol. The summed E-state index contributed by atoms with van der Waals surface area (Å²) in [5.41, 5.74) is -1.54. The number of benzene rings is 1. The third kappa shape index (κ3) is 2.79. The number of hydrogen-bond donors (Lipinski definition) is 1. The van der Waals surface area contributed by atoms with E-state index in [0.29, 0.717) is 6.20 Å². The zero-order valence-electron chi connectivity index (χ0n) is 9.86. The smallest absolute Gasteiger partial charge is 0.419 e. The molecule has 1 heterocycles. The lowest BCUT2D eigenvalue weighted by molar-refractivity contribution is -0.137. The molecule has 0 radical (unpaired) electrons. The fraction of sp³-hybridized carbons (Fsp3) is 0.167. The third-order valence-corrected chi connectivity index (χ3v) is 2.60. The molecule has 8 heteroatoms. The zero-order valence-corrected chi connectivity index (χ0v) is 9.86. The zero-order chi connectivity index (χ0) is 14.9. The number of aromatic nitrogens is 2. The third-order valence-electron chi connectivity index (χ3n) is 2.60. The number of aromatic carboxylic acids is 1. The van der Waals surface area contributed by atoms with Gasteiger partial charge in [-0.3, -0.25) is 4.68 Å². The minimum atomic E-state index is -4.53. The second-order valence-electron chi connectivity index (χ2n) is 4.01. The predicted octanol–water partition coefficient (Wildman–Crippen LogP) is 2.79. The summed E-state index contributed by atoms with van der Waals surface area (Å²) in [6.07, 6.45) is -3.18. The first-order valence-corrected chi connectivity index (χ1v) is 5.39. The van der Waals surface area contributed by atoms with Crippen molar-refractivity contribution in [3.63, 3.8) is 0 Å². The average Bonchev–Trinajstić information content (AvgIpc) is 2.80. The highest BCUT2D eigenvalue weighted by Gasteiger charge is 2.32. The summed E-state index contributed by atoms with van der Waals surface area (Å²) in [4.78, 5) is 10.8. The van der Waals surface area contributed by atoms with Gasteiger partial charge in [0.2, 0.25) is 0 Å². The Balaban J connectivity index is 2.29. The second-order valence-corrected chi connectivity index (χ2v) is 4.01. The molecule has 4 nitrogen and oxygen atoms in total. The van der Waals surface area contributed by atoms with Gasteiger partial charge in [-0.2, -0.15) is 18.3 Å². The number of carbonyl (C=O) groups is 1. The van der Waals surface area contributed by atoms with Gasteiger partial charge in [-0.1, -0.05) is 12.1 Å². The van der Waals surface area contributed by atoms with Crippen LogP contribution in [0.3, 0.4) is 0 Å². The Hall–Kier alpha value is -2.38. The van der Waals surface area contributed by atoms with Gasteiger partial charge >= 0.3 is 12.1 Å². The van der Waals surface area contributed by atoms with Crippen LogP contribution in [0.1, 0.15) is 21.5 Å². The van der Waals surface area contributed by atoms with Crippen molar-refractivity contribution in [2.24, 2.45) is 0 Å². The van der Waals surface area contributed by atoms with Gasteiger partial charge in [0.05, 0.1) is 23.9 Å². The molecule has 0 unspecified atom stereocenters. The number of carboxylic acid groups (broad SMARTS) is 1. The summed E-state index contributed by atoms with van der Waals surface area (Å²) in [5.74, 6) is -2.43. The Labute approximate surface area is 110 Å². The SMILES string of the molecule is O=C(O)c1cccc(Cn2cc(C(F)(F)F)cn2)c1F. The van der Waals surface area contributed by atoms with Gasteiger partial charge in [-0.15, -0.1) is 0 Å². The molecule has 0 aliphatic rings. The fourth-order valence-electron chi connectivity index (χ4n) is 1.64. The van der Waals surface area contributed by atoms with E-state index in [4.69, 9.17) is 5.11 Å². The normalized spacial score (nSPS) is 11.6. The van der Waals surface area contributed by atoms with Crippen molar-refractivity contribution >= 4 is 5.97 Å². The van der Waals surface area contributed by atoms with Crippen molar-refractivity contribution in [3.8, 4) is 0 Å². The van der Waals surface area contributed by atoms with Crippen LogP contribution >= 0.6 is 0 Å². The highest BCUT2D eigenvalue weighted by molar-refractivity contribution is 5.88. The molecule has 0 fully saturated rings. The van der Waals surface area contributed by atoms with E-state index in [9.17, 15) is 22.4 Å². The minimum absolute atomic E-state index is 0.0540. The van der Waals surface area contributed by atoms with Crippen molar-refractivity contribution in [1.29, 1.82) is 0 Å². The lowest BCUT2D eigenvalue weighted by Gasteiger charge is -2.06. The van der Waals surface area contributed by atoms with Crippen LogP contribution in [0.4, 0.5) is 17.6 Å². The maximum atomic E-state index is 13.8. The van der Waals surface area contributed by atoms with Crippen LogP contribution in [0.5, 0.6) is 0 Å². The molecule has 2 rings (SSSR count). The lowest BCUT2D eigenvalue weighted by atomic mass is 10.1. The maximum Gasteiger partial charge on any atom is 0.419 e. The molecule has 0 atom stereocenters. The first kappa shape index (κ1) is 14.0. The first-order chi connectivity index (χ1) is 9.29. The average molecular weight is 288 g/mol. The van der Waals surface area contributed by atoms with Crippen molar-refractivity contribution in [1.82, 2.24) is 9.78 Å². The number of halogens is 4. The van der Waals surface area contributed by atoms with Gasteiger partial charge in [-0.05, 0) is 6.07 Å². The van der Waals surface area contributed by atoms with E-state index in [-0.39, 0.29) is 12.1 Å². The van der Waals surface area contributed by atoms with Gasteiger partial charge in [0.15, 0.2) is 0 Å². The number of rotatable bonds is 3. The molecule has 106 valence electrons. The molecule has 2 aromatic rings. The van der Waals surface area contributed by atoms with Gasteiger partial charge in [0, 0.05) is 11.8 Å². The number of nitrogens with zero attached hydrogens (tertiary/aromatic N) is 2. The first-order valence-electron chi connectivity index (χ1n) is 5.39. The van der Waals surface area contributed by atoms with Crippen LogP contribution in [-0.4, -0.2) is 20.9 Å². The Bertz CT molecular complexity index is 649. The molecule has 0 aliphatic carbocycles. The molecule has 0 aliphatic heterocycles. The van der Waals surface area contributed by atoms with Crippen LogP contribution in [0.2, 0.25) is 0 Å². The Morgan fingerprint density at radius 2 is 2.05 bits per heavy atom. The van der Waals surface area contributed by atoms with Gasteiger partial charge in [0.25, 0.3) is 0 Å². The quantitative estimate of drug-likeness (QED) is 0.884. The number of alkyl halides is 3. The Morgan fingerprint density at radius 3 is 2.60 bits per heavy atom. The van der Waals surface area contributed by atoms with Gasteiger partial charge in [-0.25, -0.2) is 9.18 Å². The standard InChI is InChI=1S/C12H8F4N2O2/c13-10-7(2-1-3-9(10)11(19)20)5-18-6-8(4-17-18)12(14,15)16/h1-4,6H,5H2,(H,19,20). The molecule has 0 saturated carbocycles. The summed E-state index contributed by atoms with van der Waals surface area (Å²) in [7, 11) is 0. The molecular formula is C12H8F4N2O2. The van der Waals surface area contributed by atoms with Crippen molar-refractivity contribution in [3.05, 3.63) is 53.1 Å². The largest absolute Gasteiger partial charge is 0.478 e. The highest BCUT2D eigenvalue weighted by atomic mass is 19.4. The van der Waals surface area contributed by atoms with Gasteiger partial charge in [0.1, 0.15) is 5.82 Å². The van der Waals surface area contributed by atoms with Crippen molar-refractivity contribution in [2.45, 2.75) is 12.7 Å². The summed E-state index contributed by atoms with van der Waals surface area (Å²) in [6, 6.07) is 3.68. The summed E-state index contributed by atoms with van der Waals surface area (Å²) in [6.45, 7) is -0.289. The van der Waals surface area contributed by atoms with E-state index in [1.165, 1.54) is 12.1 Å². The number of carboxylic acids is 1.